The Morgan fingerprint density at radius 2 is 2.05 bits per heavy atom. The van der Waals surface area contributed by atoms with Crippen molar-refractivity contribution in [3.05, 3.63) is 29.8 Å². The van der Waals surface area contributed by atoms with Crippen molar-refractivity contribution in [1.29, 1.82) is 0 Å². The molecule has 1 aromatic rings. The van der Waals surface area contributed by atoms with Crippen LogP contribution in [0.25, 0.3) is 0 Å². The molecule has 1 rings (SSSR count). The Kier molecular flexibility index (Phi) is 6.65. The summed E-state index contributed by atoms with van der Waals surface area (Å²) >= 11 is 0. The van der Waals surface area contributed by atoms with Gasteiger partial charge in [0.1, 0.15) is 5.75 Å². The summed E-state index contributed by atoms with van der Waals surface area (Å²) in [6, 6.07) is 7.67. The quantitative estimate of drug-likeness (QED) is 0.752. The van der Waals surface area contributed by atoms with Crippen molar-refractivity contribution in [1.82, 2.24) is 10.2 Å². The summed E-state index contributed by atoms with van der Waals surface area (Å²) in [6.45, 7) is 2.46. The van der Waals surface area contributed by atoms with Gasteiger partial charge < -0.3 is 20.1 Å². The smallest absolute Gasteiger partial charge is 0.220 e. The van der Waals surface area contributed by atoms with Crippen LogP contribution >= 0.6 is 0 Å². The first-order valence-corrected chi connectivity index (χ1v) is 7.10. The second kappa shape index (κ2) is 8.00. The number of carbonyl (C=O) groups excluding carboxylic acids is 1. The molecule has 1 unspecified atom stereocenters. The van der Waals surface area contributed by atoms with Crippen molar-refractivity contribution >= 4 is 5.91 Å². The number of aryl methyl sites for hydroxylation is 1. The van der Waals surface area contributed by atoms with E-state index in [-0.39, 0.29) is 12.5 Å². The summed E-state index contributed by atoms with van der Waals surface area (Å²) in [5.41, 5.74) is 0.0825. The summed E-state index contributed by atoms with van der Waals surface area (Å²) < 4.78 is 5.26. The lowest BCUT2D eigenvalue weighted by Gasteiger charge is -2.27. The number of hydrogen-bond donors (Lipinski definition) is 2. The summed E-state index contributed by atoms with van der Waals surface area (Å²) in [5.74, 6) is 0.727. The van der Waals surface area contributed by atoms with Gasteiger partial charge in [-0.25, -0.2) is 0 Å². The largest absolute Gasteiger partial charge is 0.496 e. The van der Waals surface area contributed by atoms with Gasteiger partial charge >= 0.3 is 0 Å². The zero-order chi connectivity index (χ0) is 15.9. The molecule has 5 nitrogen and oxygen atoms in total. The fourth-order valence-electron chi connectivity index (χ4n) is 2.27. The summed E-state index contributed by atoms with van der Waals surface area (Å²) in [5, 5.41) is 12.9. The van der Waals surface area contributed by atoms with Crippen molar-refractivity contribution in [3.8, 4) is 5.75 Å². The molecule has 21 heavy (non-hydrogen) atoms. The van der Waals surface area contributed by atoms with Gasteiger partial charge in [-0.3, -0.25) is 4.79 Å². The van der Waals surface area contributed by atoms with Gasteiger partial charge in [0, 0.05) is 19.5 Å². The molecule has 1 amide bonds. The number of rotatable bonds is 8. The van der Waals surface area contributed by atoms with Crippen LogP contribution in [0.2, 0.25) is 0 Å². The maximum atomic E-state index is 11.9. The molecule has 0 bridgehead atoms. The van der Waals surface area contributed by atoms with Crippen LogP contribution in [-0.4, -0.2) is 55.8 Å². The first-order valence-electron chi connectivity index (χ1n) is 7.10. The second-order valence-electron chi connectivity index (χ2n) is 5.82. The zero-order valence-electron chi connectivity index (χ0n) is 13.3. The van der Waals surface area contributed by atoms with Crippen LogP contribution in [0.4, 0.5) is 0 Å². The van der Waals surface area contributed by atoms with Gasteiger partial charge in [0.05, 0.1) is 12.7 Å². The van der Waals surface area contributed by atoms with Crippen LogP contribution in [0, 0.1) is 0 Å². The molecule has 0 saturated heterocycles. The molecular weight excluding hydrogens is 268 g/mol. The molecule has 0 saturated carbocycles. The topological polar surface area (TPSA) is 61.8 Å². The zero-order valence-corrected chi connectivity index (χ0v) is 13.3. The summed E-state index contributed by atoms with van der Waals surface area (Å²) in [4.78, 5) is 13.8. The number of hydrogen-bond acceptors (Lipinski definition) is 4. The van der Waals surface area contributed by atoms with Crippen molar-refractivity contribution in [2.45, 2.75) is 25.4 Å². The predicted molar refractivity (Wildman–Crippen MR) is 83.5 cm³/mol. The van der Waals surface area contributed by atoms with Gasteiger partial charge in [-0.2, -0.15) is 0 Å². The molecule has 0 aliphatic carbocycles. The summed E-state index contributed by atoms with van der Waals surface area (Å²) in [7, 11) is 5.40. The van der Waals surface area contributed by atoms with E-state index in [1.807, 2.05) is 43.3 Å². The van der Waals surface area contributed by atoms with E-state index in [1.54, 1.807) is 14.0 Å². The molecule has 0 aromatic heterocycles. The minimum absolute atomic E-state index is 0.0695. The lowest BCUT2D eigenvalue weighted by Crippen LogP contribution is -2.47. The number of benzene rings is 1. The standard InChI is InChI=1S/C16H26N2O3/c1-16(20,12-18(2)3)11-17-15(19)10-9-13-7-5-6-8-14(13)21-4/h5-8,20H,9-12H2,1-4H3,(H,17,19). The van der Waals surface area contributed by atoms with Crippen LogP contribution in [0.1, 0.15) is 18.9 Å². The van der Waals surface area contributed by atoms with Gasteiger partial charge in [0.2, 0.25) is 5.91 Å². The molecular formula is C16H26N2O3. The normalized spacial score (nSPS) is 13.8. The Labute approximate surface area is 126 Å². The van der Waals surface area contributed by atoms with Crippen molar-refractivity contribution in [2.75, 3.05) is 34.3 Å². The lowest BCUT2D eigenvalue weighted by molar-refractivity contribution is -0.122. The molecule has 118 valence electrons. The number of amides is 1. The number of methoxy groups -OCH3 is 1. The average Bonchev–Trinajstić information content (AvgIpc) is 2.42. The number of ether oxygens (including phenoxy) is 1. The number of aliphatic hydroxyl groups is 1. The Balaban J connectivity index is 2.41. The van der Waals surface area contributed by atoms with E-state index in [9.17, 15) is 9.90 Å². The molecule has 0 aliphatic rings. The van der Waals surface area contributed by atoms with Crippen molar-refractivity contribution in [3.63, 3.8) is 0 Å². The number of para-hydroxylation sites is 1. The number of nitrogens with one attached hydrogen (secondary N) is 1. The molecule has 0 heterocycles. The molecule has 5 heteroatoms. The minimum Gasteiger partial charge on any atom is -0.496 e. The van der Waals surface area contributed by atoms with E-state index < -0.39 is 5.60 Å². The highest BCUT2D eigenvalue weighted by atomic mass is 16.5. The van der Waals surface area contributed by atoms with E-state index in [4.69, 9.17) is 4.74 Å². The molecule has 1 aromatic carbocycles. The third-order valence-electron chi connectivity index (χ3n) is 3.14. The van der Waals surface area contributed by atoms with Crippen molar-refractivity contribution < 1.29 is 14.6 Å². The van der Waals surface area contributed by atoms with Crippen LogP contribution in [-0.2, 0) is 11.2 Å². The van der Waals surface area contributed by atoms with Gasteiger partial charge in [-0.15, -0.1) is 0 Å². The van der Waals surface area contributed by atoms with E-state index in [2.05, 4.69) is 5.32 Å². The third-order valence-corrected chi connectivity index (χ3v) is 3.14. The van der Waals surface area contributed by atoms with E-state index in [0.29, 0.717) is 19.4 Å². The van der Waals surface area contributed by atoms with Gasteiger partial charge in [0.15, 0.2) is 0 Å². The minimum atomic E-state index is -0.927. The Hall–Kier alpha value is -1.59. The van der Waals surface area contributed by atoms with E-state index in [0.717, 1.165) is 11.3 Å². The molecule has 0 radical (unpaired) electrons. The van der Waals surface area contributed by atoms with Gasteiger partial charge in [-0.05, 0) is 39.1 Å². The van der Waals surface area contributed by atoms with Crippen molar-refractivity contribution in [2.24, 2.45) is 0 Å². The van der Waals surface area contributed by atoms with Crippen LogP contribution in [0.15, 0.2) is 24.3 Å². The highest BCUT2D eigenvalue weighted by Crippen LogP contribution is 2.18. The number of carbonyl (C=O) groups is 1. The third kappa shape index (κ3) is 6.60. The molecule has 0 aliphatic heterocycles. The lowest BCUT2D eigenvalue weighted by atomic mass is 10.1. The summed E-state index contributed by atoms with van der Waals surface area (Å²) in [6.07, 6.45) is 0.990. The Morgan fingerprint density at radius 3 is 2.67 bits per heavy atom. The van der Waals surface area contributed by atoms with Crippen LogP contribution < -0.4 is 10.1 Å². The van der Waals surface area contributed by atoms with Crippen LogP contribution in [0.3, 0.4) is 0 Å². The Morgan fingerprint density at radius 1 is 1.38 bits per heavy atom. The number of nitrogens with zero attached hydrogens (tertiary/aromatic N) is 1. The molecule has 1 atom stereocenters. The maximum absolute atomic E-state index is 11.9. The monoisotopic (exact) mass is 294 g/mol. The highest BCUT2D eigenvalue weighted by Gasteiger charge is 2.21. The maximum Gasteiger partial charge on any atom is 0.220 e. The Bertz CT molecular complexity index is 459. The average molecular weight is 294 g/mol. The first-order chi connectivity index (χ1) is 9.84. The van der Waals surface area contributed by atoms with E-state index in [1.165, 1.54) is 0 Å². The second-order valence-corrected chi connectivity index (χ2v) is 5.82. The SMILES string of the molecule is COc1ccccc1CCC(=O)NCC(C)(O)CN(C)C. The fourth-order valence-corrected chi connectivity index (χ4v) is 2.27. The highest BCUT2D eigenvalue weighted by molar-refractivity contribution is 5.76. The van der Waals surface area contributed by atoms with Gasteiger partial charge in [0.25, 0.3) is 0 Å². The number of likely N-dealkylation sites (N-methyl/N-ethyl adjacent to an activating group) is 1. The first kappa shape index (κ1) is 17.5. The predicted octanol–water partition coefficient (Wildman–Crippen LogP) is 1.06. The molecule has 0 spiro atoms. The fraction of sp³-hybridized carbons (Fsp3) is 0.562. The molecule has 2 N–H and O–H groups in total. The van der Waals surface area contributed by atoms with Gasteiger partial charge in [-0.1, -0.05) is 18.2 Å². The van der Waals surface area contributed by atoms with E-state index >= 15 is 0 Å². The molecule has 0 fully saturated rings. The van der Waals surface area contributed by atoms with Crippen LogP contribution in [0.5, 0.6) is 5.75 Å².